The van der Waals surface area contributed by atoms with Gasteiger partial charge in [-0.3, -0.25) is 4.99 Å². The summed E-state index contributed by atoms with van der Waals surface area (Å²) in [5, 5.41) is 0. The van der Waals surface area contributed by atoms with E-state index in [2.05, 4.69) is 90.1 Å². The van der Waals surface area contributed by atoms with Gasteiger partial charge in [0.1, 0.15) is 0 Å². The van der Waals surface area contributed by atoms with Crippen molar-refractivity contribution in [1.82, 2.24) is 0 Å². The number of aliphatic imine (C=N–C) groups is 2. The number of nitrogens with zero attached hydrogens (tertiary/aromatic N) is 2. The van der Waals surface area contributed by atoms with Gasteiger partial charge in [0.15, 0.2) is 0 Å². The molecule has 2 aromatic rings. The molecule has 0 aliphatic carbocycles. The first-order valence-corrected chi connectivity index (χ1v) is 20.1. The minimum atomic E-state index is 0. The first-order valence-electron chi connectivity index (χ1n) is 20.1. The molecule has 0 saturated heterocycles. The number of aryl methyl sites for hydroxylation is 4. The Kier molecular flexibility index (Phi) is 26.7. The van der Waals surface area contributed by atoms with E-state index < -0.39 is 0 Å². The van der Waals surface area contributed by atoms with E-state index in [1.54, 1.807) is 0 Å². The van der Waals surface area contributed by atoms with Crippen LogP contribution in [0.3, 0.4) is 0 Å². The molecular weight excluding hydrogens is 675 g/mol. The Balaban J connectivity index is 0.0000115. The van der Waals surface area contributed by atoms with E-state index in [1.807, 2.05) is 0 Å². The summed E-state index contributed by atoms with van der Waals surface area (Å²) in [6.07, 6.45) is 32.6. The molecule has 48 heavy (non-hydrogen) atoms. The van der Waals surface area contributed by atoms with Crippen LogP contribution in [0, 0.1) is 0 Å². The van der Waals surface area contributed by atoms with E-state index in [9.17, 15) is 0 Å². The average molecular weight is 748 g/mol. The largest absolute Gasteiger partial charge is 0.251 e. The molecule has 0 spiro atoms. The van der Waals surface area contributed by atoms with Gasteiger partial charge in [-0.25, -0.2) is 4.99 Å². The van der Waals surface area contributed by atoms with Gasteiger partial charge >= 0.3 is 0 Å². The van der Waals surface area contributed by atoms with E-state index >= 15 is 0 Å². The van der Waals surface area contributed by atoms with E-state index in [4.69, 9.17) is 9.98 Å². The van der Waals surface area contributed by atoms with Gasteiger partial charge in [0, 0.05) is 20.4 Å². The molecule has 2 nitrogen and oxygen atoms in total. The third kappa shape index (κ3) is 19.4. The first-order chi connectivity index (χ1) is 23.1. The van der Waals surface area contributed by atoms with Crippen LogP contribution in [-0.4, -0.2) is 11.4 Å². The van der Waals surface area contributed by atoms with Gasteiger partial charge in [0.05, 0.1) is 22.8 Å². The molecule has 0 heterocycles. The van der Waals surface area contributed by atoms with Crippen molar-refractivity contribution in [1.29, 1.82) is 0 Å². The van der Waals surface area contributed by atoms with Crippen molar-refractivity contribution in [2.45, 2.75) is 189 Å². The summed E-state index contributed by atoms with van der Waals surface area (Å²) in [5.41, 5.74) is 10.2. The Hall–Kier alpha value is -1.82. The maximum Gasteiger partial charge on any atom is 0.0848 e. The number of hydrogen-bond acceptors (Lipinski definition) is 2. The van der Waals surface area contributed by atoms with Crippen molar-refractivity contribution >= 4 is 22.8 Å². The van der Waals surface area contributed by atoms with Crippen molar-refractivity contribution in [3.05, 3.63) is 70.8 Å². The summed E-state index contributed by atoms with van der Waals surface area (Å²) < 4.78 is 0. The molecule has 0 N–H and O–H groups in total. The standard InChI is InChI=1S/C45H72N2.Pd/c1-7-13-19-21-23-25-31-45(47-43-36-40(28-17-11-5)33-41(37-43)29-18-12-6)44(30-24-22-20-14-8-2)46-42-34-38(26-15-9-3)32-39(35-42)27-16-10-4;/h24,30,32-37H,7-23,25-29,31H2,1-6H3;. The van der Waals surface area contributed by atoms with Crippen LogP contribution in [0.25, 0.3) is 0 Å². The molecule has 0 bridgehead atoms. The molecule has 0 radical (unpaired) electrons. The van der Waals surface area contributed by atoms with Crippen molar-refractivity contribution in [2.24, 2.45) is 9.98 Å². The third-order valence-electron chi connectivity index (χ3n) is 9.18. The summed E-state index contributed by atoms with van der Waals surface area (Å²) >= 11 is 0. The molecule has 0 amide bonds. The van der Waals surface area contributed by atoms with Crippen molar-refractivity contribution < 1.29 is 20.4 Å². The quantitative estimate of drug-likeness (QED) is 0.0494. The zero-order chi connectivity index (χ0) is 34.0. The molecule has 3 heteroatoms. The molecule has 0 fully saturated rings. The van der Waals surface area contributed by atoms with E-state index in [1.165, 1.54) is 131 Å². The zero-order valence-corrected chi connectivity index (χ0v) is 33.6. The monoisotopic (exact) mass is 746 g/mol. The molecule has 272 valence electrons. The van der Waals surface area contributed by atoms with Gasteiger partial charge in [-0.05, 0) is 130 Å². The molecule has 0 atom stereocenters. The molecule has 0 aliphatic rings. The Morgan fingerprint density at radius 2 is 0.854 bits per heavy atom. The normalized spacial score (nSPS) is 12.2. The topological polar surface area (TPSA) is 24.7 Å². The predicted molar refractivity (Wildman–Crippen MR) is 213 cm³/mol. The van der Waals surface area contributed by atoms with Crippen LogP contribution >= 0.6 is 0 Å². The Morgan fingerprint density at radius 3 is 1.31 bits per heavy atom. The number of allylic oxidation sites excluding steroid dienone is 2. The maximum absolute atomic E-state index is 5.52. The number of rotatable bonds is 27. The van der Waals surface area contributed by atoms with Gasteiger partial charge in [-0.2, -0.15) is 0 Å². The molecule has 0 unspecified atom stereocenters. The van der Waals surface area contributed by atoms with Crippen LogP contribution in [0.5, 0.6) is 0 Å². The third-order valence-corrected chi connectivity index (χ3v) is 9.18. The van der Waals surface area contributed by atoms with Crippen molar-refractivity contribution in [3.8, 4) is 0 Å². The summed E-state index contributed by atoms with van der Waals surface area (Å²) in [5.74, 6) is 0. The zero-order valence-electron chi connectivity index (χ0n) is 32.1. The summed E-state index contributed by atoms with van der Waals surface area (Å²) in [6.45, 7) is 13.7. The first kappa shape index (κ1) is 44.2. The summed E-state index contributed by atoms with van der Waals surface area (Å²) in [6, 6.07) is 14.3. The fourth-order valence-corrected chi connectivity index (χ4v) is 6.23. The summed E-state index contributed by atoms with van der Waals surface area (Å²) in [4.78, 5) is 11.0. The van der Waals surface area contributed by atoms with Gasteiger partial charge in [0.25, 0.3) is 0 Å². The average Bonchev–Trinajstić information content (AvgIpc) is 3.08. The fourth-order valence-electron chi connectivity index (χ4n) is 6.23. The molecule has 0 saturated carbocycles. The number of hydrogen-bond donors (Lipinski definition) is 0. The van der Waals surface area contributed by atoms with Gasteiger partial charge < -0.3 is 0 Å². The van der Waals surface area contributed by atoms with Crippen LogP contribution < -0.4 is 0 Å². The minimum absolute atomic E-state index is 0. The molecule has 2 aromatic carbocycles. The van der Waals surface area contributed by atoms with Crippen LogP contribution in [0.4, 0.5) is 11.4 Å². The van der Waals surface area contributed by atoms with Gasteiger partial charge in [-0.15, -0.1) is 0 Å². The van der Waals surface area contributed by atoms with Crippen molar-refractivity contribution in [3.63, 3.8) is 0 Å². The second kappa shape index (κ2) is 29.0. The van der Waals surface area contributed by atoms with Gasteiger partial charge in [0.2, 0.25) is 0 Å². The minimum Gasteiger partial charge on any atom is -0.251 e. The number of benzene rings is 2. The second-order valence-electron chi connectivity index (χ2n) is 13.9. The Labute approximate surface area is 311 Å². The van der Waals surface area contributed by atoms with Crippen LogP contribution in [0.2, 0.25) is 0 Å². The van der Waals surface area contributed by atoms with Crippen LogP contribution in [0.15, 0.2) is 58.5 Å². The van der Waals surface area contributed by atoms with Crippen molar-refractivity contribution in [2.75, 3.05) is 0 Å². The Morgan fingerprint density at radius 1 is 0.458 bits per heavy atom. The predicted octanol–water partition coefficient (Wildman–Crippen LogP) is 14.8. The van der Waals surface area contributed by atoms with Crippen LogP contribution in [-0.2, 0) is 46.1 Å². The summed E-state index contributed by atoms with van der Waals surface area (Å²) in [7, 11) is 0. The fraction of sp³-hybridized carbons (Fsp3) is 0.644. The van der Waals surface area contributed by atoms with E-state index in [-0.39, 0.29) is 20.4 Å². The maximum atomic E-state index is 5.52. The SMILES string of the molecule is CCCCCC=CC(=Nc1cc(CCCC)cc(CCCC)c1)C(CCCCCCCC)=Nc1cc(CCCC)cc(CCCC)c1.[Pd]. The number of unbranched alkanes of at least 4 members (excludes halogenated alkanes) is 12. The second-order valence-corrected chi connectivity index (χ2v) is 13.9. The molecule has 0 aliphatic heterocycles. The molecule has 0 aromatic heterocycles. The smallest absolute Gasteiger partial charge is 0.0848 e. The Bertz CT molecular complexity index is 1140. The molecular formula is C45H72N2Pd. The molecule has 2 rings (SSSR count). The van der Waals surface area contributed by atoms with E-state index in [0.717, 1.165) is 61.3 Å². The van der Waals surface area contributed by atoms with E-state index in [0.29, 0.717) is 0 Å². The van der Waals surface area contributed by atoms with Crippen LogP contribution in [0.1, 0.15) is 186 Å². The van der Waals surface area contributed by atoms with Gasteiger partial charge in [-0.1, -0.05) is 130 Å².